The van der Waals surface area contributed by atoms with E-state index < -0.39 is 0 Å². The number of hydrogen-bond acceptors (Lipinski definition) is 3. The minimum Gasteiger partial charge on any atom is -0.384 e. The number of benzene rings is 1. The molecule has 2 fully saturated rings. The standard InChI is InChI=1S/C17H25NO2/c1-13-4-5-14(2)15(8-13)9-18-11-17(12-18)16(10-19-3)6-7-20-17/h4-5,8,16H,6-7,9-12H2,1-3H3. The molecule has 2 aliphatic heterocycles. The highest BCUT2D eigenvalue weighted by Gasteiger charge is 2.52. The van der Waals surface area contributed by atoms with Crippen molar-refractivity contribution in [3.8, 4) is 0 Å². The molecule has 0 N–H and O–H groups in total. The molecule has 2 saturated heterocycles. The Hall–Kier alpha value is -0.900. The molecular formula is C17H25NO2. The maximum Gasteiger partial charge on any atom is 0.0985 e. The number of likely N-dealkylation sites (tertiary alicyclic amines) is 1. The van der Waals surface area contributed by atoms with Crippen LogP contribution in [0.25, 0.3) is 0 Å². The predicted octanol–water partition coefficient (Wildman–Crippen LogP) is 2.54. The van der Waals surface area contributed by atoms with Gasteiger partial charge in [-0.15, -0.1) is 0 Å². The van der Waals surface area contributed by atoms with E-state index in [1.54, 1.807) is 7.11 Å². The number of methoxy groups -OCH3 is 1. The summed E-state index contributed by atoms with van der Waals surface area (Å²) in [5.41, 5.74) is 4.25. The summed E-state index contributed by atoms with van der Waals surface area (Å²) in [6.07, 6.45) is 1.14. The summed E-state index contributed by atoms with van der Waals surface area (Å²) < 4.78 is 11.4. The quantitative estimate of drug-likeness (QED) is 0.843. The minimum absolute atomic E-state index is 0.0771. The summed E-state index contributed by atoms with van der Waals surface area (Å²) in [6.45, 7) is 9.23. The monoisotopic (exact) mass is 275 g/mol. The molecule has 1 unspecified atom stereocenters. The maximum absolute atomic E-state index is 6.04. The van der Waals surface area contributed by atoms with Gasteiger partial charge in [0.2, 0.25) is 0 Å². The Morgan fingerprint density at radius 3 is 2.90 bits per heavy atom. The molecule has 0 aromatic heterocycles. The van der Waals surface area contributed by atoms with Gasteiger partial charge in [0.25, 0.3) is 0 Å². The predicted molar refractivity (Wildman–Crippen MR) is 79.9 cm³/mol. The van der Waals surface area contributed by atoms with Crippen LogP contribution in [0.5, 0.6) is 0 Å². The third-order valence-electron chi connectivity index (χ3n) is 4.85. The molecule has 1 atom stereocenters. The minimum atomic E-state index is 0.0771. The summed E-state index contributed by atoms with van der Waals surface area (Å²) >= 11 is 0. The zero-order valence-electron chi connectivity index (χ0n) is 12.8. The first-order valence-electron chi connectivity index (χ1n) is 7.54. The zero-order valence-corrected chi connectivity index (χ0v) is 12.8. The van der Waals surface area contributed by atoms with Gasteiger partial charge in [-0.05, 0) is 31.4 Å². The van der Waals surface area contributed by atoms with Crippen LogP contribution in [0, 0.1) is 19.8 Å². The van der Waals surface area contributed by atoms with E-state index in [0.29, 0.717) is 5.92 Å². The van der Waals surface area contributed by atoms with Crippen LogP contribution in [0.2, 0.25) is 0 Å². The Morgan fingerprint density at radius 1 is 1.35 bits per heavy atom. The lowest BCUT2D eigenvalue weighted by molar-refractivity contribution is -0.143. The number of rotatable bonds is 4. The van der Waals surface area contributed by atoms with E-state index >= 15 is 0 Å². The average Bonchev–Trinajstić information content (AvgIpc) is 2.78. The summed E-state index contributed by atoms with van der Waals surface area (Å²) in [4.78, 5) is 2.50. The van der Waals surface area contributed by atoms with Crippen molar-refractivity contribution in [3.63, 3.8) is 0 Å². The Kier molecular flexibility index (Phi) is 3.85. The van der Waals surface area contributed by atoms with Gasteiger partial charge in [-0.3, -0.25) is 4.90 Å². The van der Waals surface area contributed by atoms with Crippen LogP contribution in [-0.2, 0) is 16.0 Å². The van der Waals surface area contributed by atoms with Gasteiger partial charge in [-0.25, -0.2) is 0 Å². The van der Waals surface area contributed by atoms with Gasteiger partial charge in [-0.2, -0.15) is 0 Å². The molecule has 3 rings (SSSR count). The van der Waals surface area contributed by atoms with Crippen molar-refractivity contribution >= 4 is 0 Å². The number of ether oxygens (including phenoxy) is 2. The van der Waals surface area contributed by atoms with E-state index in [0.717, 1.165) is 39.3 Å². The lowest BCUT2D eigenvalue weighted by Crippen LogP contribution is -2.64. The highest BCUT2D eigenvalue weighted by Crippen LogP contribution is 2.40. The van der Waals surface area contributed by atoms with E-state index in [4.69, 9.17) is 9.47 Å². The Bertz CT molecular complexity index is 480. The number of nitrogens with zero attached hydrogens (tertiary/aromatic N) is 1. The SMILES string of the molecule is COCC1CCOC12CN(Cc1cc(C)ccc1C)C2. The van der Waals surface area contributed by atoms with Crippen molar-refractivity contribution in [1.82, 2.24) is 4.90 Å². The fourth-order valence-electron chi connectivity index (χ4n) is 3.61. The van der Waals surface area contributed by atoms with Crippen molar-refractivity contribution in [2.75, 3.05) is 33.4 Å². The molecule has 2 heterocycles. The second kappa shape index (κ2) is 5.47. The first kappa shape index (κ1) is 14.1. The third-order valence-corrected chi connectivity index (χ3v) is 4.85. The zero-order chi connectivity index (χ0) is 14.2. The molecule has 3 nitrogen and oxygen atoms in total. The van der Waals surface area contributed by atoms with E-state index in [1.165, 1.54) is 16.7 Å². The Morgan fingerprint density at radius 2 is 2.15 bits per heavy atom. The molecule has 0 bridgehead atoms. The fraction of sp³-hybridized carbons (Fsp3) is 0.647. The molecule has 1 aromatic rings. The second-order valence-corrected chi connectivity index (χ2v) is 6.43. The van der Waals surface area contributed by atoms with Gasteiger partial charge in [-0.1, -0.05) is 23.8 Å². The van der Waals surface area contributed by atoms with Gasteiger partial charge in [0.05, 0.1) is 12.2 Å². The molecule has 3 heteroatoms. The number of hydrogen-bond donors (Lipinski definition) is 0. The average molecular weight is 275 g/mol. The van der Waals surface area contributed by atoms with Gasteiger partial charge < -0.3 is 9.47 Å². The molecular weight excluding hydrogens is 250 g/mol. The molecule has 0 radical (unpaired) electrons. The fourth-order valence-corrected chi connectivity index (χ4v) is 3.61. The van der Waals surface area contributed by atoms with Crippen LogP contribution in [-0.4, -0.2) is 43.9 Å². The first-order chi connectivity index (χ1) is 9.63. The Balaban J connectivity index is 1.61. The summed E-state index contributed by atoms with van der Waals surface area (Å²) in [7, 11) is 1.79. The molecule has 0 aliphatic carbocycles. The van der Waals surface area contributed by atoms with Crippen molar-refractivity contribution in [2.45, 2.75) is 32.4 Å². The third kappa shape index (κ3) is 2.50. The van der Waals surface area contributed by atoms with Crippen LogP contribution < -0.4 is 0 Å². The summed E-state index contributed by atoms with van der Waals surface area (Å²) in [5.74, 6) is 0.572. The van der Waals surface area contributed by atoms with Gasteiger partial charge in [0.15, 0.2) is 0 Å². The second-order valence-electron chi connectivity index (χ2n) is 6.43. The summed E-state index contributed by atoms with van der Waals surface area (Å²) in [6, 6.07) is 6.72. The van der Waals surface area contributed by atoms with E-state index in [-0.39, 0.29) is 5.60 Å². The molecule has 2 aliphatic rings. The van der Waals surface area contributed by atoms with E-state index in [2.05, 4.69) is 36.9 Å². The van der Waals surface area contributed by atoms with Crippen LogP contribution in [0.3, 0.4) is 0 Å². The smallest absolute Gasteiger partial charge is 0.0985 e. The van der Waals surface area contributed by atoms with Crippen molar-refractivity contribution in [1.29, 1.82) is 0 Å². The largest absolute Gasteiger partial charge is 0.384 e. The lowest BCUT2D eigenvalue weighted by atomic mass is 9.81. The van der Waals surface area contributed by atoms with E-state index in [1.807, 2.05) is 0 Å². The Labute approximate surface area is 121 Å². The van der Waals surface area contributed by atoms with Crippen molar-refractivity contribution in [3.05, 3.63) is 34.9 Å². The van der Waals surface area contributed by atoms with Gasteiger partial charge in [0, 0.05) is 39.3 Å². The lowest BCUT2D eigenvalue weighted by Gasteiger charge is -2.50. The van der Waals surface area contributed by atoms with Crippen LogP contribution in [0.15, 0.2) is 18.2 Å². The summed E-state index contributed by atoms with van der Waals surface area (Å²) in [5, 5.41) is 0. The molecule has 1 aromatic carbocycles. The topological polar surface area (TPSA) is 21.7 Å². The van der Waals surface area contributed by atoms with Crippen LogP contribution >= 0.6 is 0 Å². The normalized spacial score (nSPS) is 25.1. The van der Waals surface area contributed by atoms with Gasteiger partial charge in [0.1, 0.15) is 0 Å². The number of aryl methyl sites for hydroxylation is 2. The molecule has 110 valence electrons. The molecule has 1 spiro atoms. The van der Waals surface area contributed by atoms with Crippen LogP contribution in [0.1, 0.15) is 23.1 Å². The van der Waals surface area contributed by atoms with Crippen molar-refractivity contribution < 1.29 is 9.47 Å². The molecule has 20 heavy (non-hydrogen) atoms. The highest BCUT2D eigenvalue weighted by molar-refractivity contribution is 5.30. The first-order valence-corrected chi connectivity index (χ1v) is 7.54. The highest BCUT2D eigenvalue weighted by atomic mass is 16.5. The van der Waals surface area contributed by atoms with Crippen molar-refractivity contribution in [2.24, 2.45) is 5.92 Å². The van der Waals surface area contributed by atoms with E-state index in [9.17, 15) is 0 Å². The molecule has 0 amide bonds. The maximum atomic E-state index is 6.04. The van der Waals surface area contributed by atoms with Crippen LogP contribution in [0.4, 0.5) is 0 Å². The van der Waals surface area contributed by atoms with Gasteiger partial charge >= 0.3 is 0 Å². The molecule has 0 saturated carbocycles.